The van der Waals surface area contributed by atoms with Crippen molar-refractivity contribution in [3.05, 3.63) is 35.9 Å². The minimum Gasteiger partial charge on any atom is -0.353 e. The maximum atomic E-state index is 12.7. The van der Waals surface area contributed by atoms with Crippen LogP contribution in [-0.4, -0.2) is 35.0 Å². The van der Waals surface area contributed by atoms with E-state index in [9.17, 15) is 9.59 Å². The maximum absolute atomic E-state index is 12.7. The number of rotatable bonds is 1. The molecule has 1 saturated carbocycles. The molecule has 2 aliphatic rings. The first kappa shape index (κ1) is 12.4. The summed E-state index contributed by atoms with van der Waals surface area (Å²) in [5.74, 6) is 0.139. The van der Waals surface area contributed by atoms with Gasteiger partial charge < -0.3 is 9.64 Å². The molecule has 3 rings (SSSR count). The lowest BCUT2D eigenvalue weighted by molar-refractivity contribution is -0.121. The lowest BCUT2D eigenvalue weighted by Crippen LogP contribution is -2.49. The molecule has 1 spiro atoms. The summed E-state index contributed by atoms with van der Waals surface area (Å²) < 4.78 is 5.82. The Morgan fingerprint density at radius 2 is 2.11 bits per heavy atom. The zero-order chi connectivity index (χ0) is 13.5. The smallest absolute Gasteiger partial charge is 0.256 e. The van der Waals surface area contributed by atoms with Crippen LogP contribution < -0.4 is 0 Å². The number of hydrogen-bond donors (Lipinski definition) is 0. The van der Waals surface area contributed by atoms with Crippen LogP contribution in [0.4, 0.5) is 0 Å². The second-order valence-corrected chi connectivity index (χ2v) is 5.36. The first-order chi connectivity index (χ1) is 9.12. The highest BCUT2D eigenvalue weighted by atomic mass is 16.5. The number of ketones is 1. The number of Topliss-reactive ketones (excluding diaryl/α,β-unsaturated/α-hetero) is 1. The number of carbonyl (C=O) groups is 2. The fraction of sp³-hybridized carbons (Fsp3) is 0.467. The molecule has 1 aliphatic carbocycles. The van der Waals surface area contributed by atoms with Crippen molar-refractivity contribution in [1.82, 2.24) is 4.90 Å². The van der Waals surface area contributed by atoms with Crippen LogP contribution in [0.3, 0.4) is 0 Å². The maximum Gasteiger partial charge on any atom is 0.256 e. The topological polar surface area (TPSA) is 46.6 Å². The molecule has 2 fully saturated rings. The van der Waals surface area contributed by atoms with Gasteiger partial charge in [0.2, 0.25) is 0 Å². The molecular formula is C15H17NO3. The number of amides is 1. The molecule has 1 heterocycles. The van der Waals surface area contributed by atoms with Crippen LogP contribution in [0.1, 0.15) is 36.5 Å². The molecule has 2 atom stereocenters. The number of hydrogen-bond acceptors (Lipinski definition) is 3. The van der Waals surface area contributed by atoms with E-state index >= 15 is 0 Å². The SMILES string of the molecule is C[C@@H]1CO[C@]2(CCC(=O)C2)N1C(=O)c1ccccc1. The van der Waals surface area contributed by atoms with Crippen LogP contribution in [0.15, 0.2) is 30.3 Å². The van der Waals surface area contributed by atoms with Crippen LogP contribution in [0.25, 0.3) is 0 Å². The van der Waals surface area contributed by atoms with E-state index in [-0.39, 0.29) is 17.7 Å². The standard InChI is InChI=1S/C15H17NO3/c1-11-10-19-15(8-7-13(17)9-15)16(11)14(18)12-5-3-2-4-6-12/h2-6,11H,7-10H2,1H3/t11-,15+/m1/s1. The van der Waals surface area contributed by atoms with E-state index in [4.69, 9.17) is 4.74 Å². The summed E-state index contributed by atoms with van der Waals surface area (Å²) in [7, 11) is 0. The highest BCUT2D eigenvalue weighted by Gasteiger charge is 2.52. The number of benzene rings is 1. The summed E-state index contributed by atoms with van der Waals surface area (Å²) in [5.41, 5.74) is -0.0396. The summed E-state index contributed by atoms with van der Waals surface area (Å²) in [6, 6.07) is 9.20. The lowest BCUT2D eigenvalue weighted by Gasteiger charge is -2.35. The average molecular weight is 259 g/mol. The Kier molecular flexibility index (Phi) is 2.90. The summed E-state index contributed by atoms with van der Waals surface area (Å²) in [5, 5.41) is 0. The predicted octanol–water partition coefficient (Wildman–Crippen LogP) is 2.00. The van der Waals surface area contributed by atoms with Gasteiger partial charge in [0.25, 0.3) is 5.91 Å². The van der Waals surface area contributed by atoms with Gasteiger partial charge >= 0.3 is 0 Å². The molecule has 1 amide bonds. The zero-order valence-electron chi connectivity index (χ0n) is 11.0. The van der Waals surface area contributed by atoms with E-state index in [1.165, 1.54) is 0 Å². The second kappa shape index (κ2) is 4.46. The first-order valence-corrected chi connectivity index (χ1v) is 6.67. The molecule has 0 aromatic heterocycles. The number of nitrogens with zero attached hydrogens (tertiary/aromatic N) is 1. The fourth-order valence-corrected chi connectivity index (χ4v) is 3.07. The van der Waals surface area contributed by atoms with E-state index in [0.29, 0.717) is 31.4 Å². The predicted molar refractivity (Wildman–Crippen MR) is 69.6 cm³/mol. The van der Waals surface area contributed by atoms with Crippen molar-refractivity contribution in [2.45, 2.75) is 38.0 Å². The van der Waals surface area contributed by atoms with Crippen molar-refractivity contribution in [2.24, 2.45) is 0 Å². The van der Waals surface area contributed by atoms with E-state index in [0.717, 1.165) is 0 Å². The third-order valence-corrected chi connectivity index (χ3v) is 3.98. The van der Waals surface area contributed by atoms with Crippen molar-refractivity contribution in [1.29, 1.82) is 0 Å². The van der Waals surface area contributed by atoms with Gasteiger partial charge in [-0.25, -0.2) is 0 Å². The molecule has 0 bridgehead atoms. The lowest BCUT2D eigenvalue weighted by atomic mass is 10.1. The molecule has 1 aromatic carbocycles. The molecule has 1 aromatic rings. The third kappa shape index (κ3) is 1.96. The summed E-state index contributed by atoms with van der Waals surface area (Å²) >= 11 is 0. The highest BCUT2D eigenvalue weighted by Crippen LogP contribution is 2.41. The zero-order valence-corrected chi connectivity index (χ0v) is 11.0. The third-order valence-electron chi connectivity index (χ3n) is 3.98. The van der Waals surface area contributed by atoms with Gasteiger partial charge in [-0.2, -0.15) is 0 Å². The molecular weight excluding hydrogens is 242 g/mol. The van der Waals surface area contributed by atoms with Gasteiger partial charge in [0.05, 0.1) is 19.1 Å². The molecule has 19 heavy (non-hydrogen) atoms. The minimum absolute atomic E-state index is 0.0126. The molecule has 0 radical (unpaired) electrons. The van der Waals surface area contributed by atoms with Gasteiger partial charge in [-0.05, 0) is 19.1 Å². The highest BCUT2D eigenvalue weighted by molar-refractivity contribution is 5.96. The minimum atomic E-state index is -0.691. The first-order valence-electron chi connectivity index (χ1n) is 6.67. The van der Waals surface area contributed by atoms with Crippen molar-refractivity contribution in [2.75, 3.05) is 6.61 Å². The Morgan fingerprint density at radius 1 is 1.37 bits per heavy atom. The van der Waals surface area contributed by atoms with E-state index in [2.05, 4.69) is 0 Å². The molecule has 4 heteroatoms. The summed E-state index contributed by atoms with van der Waals surface area (Å²) in [6.45, 7) is 2.48. The molecule has 0 N–H and O–H groups in total. The van der Waals surface area contributed by atoms with Gasteiger partial charge in [-0.1, -0.05) is 18.2 Å². The van der Waals surface area contributed by atoms with Crippen LogP contribution in [-0.2, 0) is 9.53 Å². The van der Waals surface area contributed by atoms with Gasteiger partial charge in [-0.15, -0.1) is 0 Å². The molecule has 100 valence electrons. The number of carbonyl (C=O) groups excluding carboxylic acids is 2. The van der Waals surface area contributed by atoms with E-state index in [1.807, 2.05) is 25.1 Å². The van der Waals surface area contributed by atoms with E-state index in [1.54, 1.807) is 17.0 Å². The van der Waals surface area contributed by atoms with Crippen LogP contribution in [0.5, 0.6) is 0 Å². The fourth-order valence-electron chi connectivity index (χ4n) is 3.07. The Bertz CT molecular complexity index is 513. The quantitative estimate of drug-likeness (QED) is 0.775. The van der Waals surface area contributed by atoms with Crippen molar-refractivity contribution in [3.8, 4) is 0 Å². The molecule has 0 unspecified atom stereocenters. The normalized spacial score (nSPS) is 30.3. The second-order valence-electron chi connectivity index (χ2n) is 5.36. The van der Waals surface area contributed by atoms with Crippen molar-refractivity contribution in [3.63, 3.8) is 0 Å². The summed E-state index contributed by atoms with van der Waals surface area (Å²) in [4.78, 5) is 26.0. The molecule has 4 nitrogen and oxygen atoms in total. The Hall–Kier alpha value is -1.68. The monoisotopic (exact) mass is 259 g/mol. The van der Waals surface area contributed by atoms with Crippen LogP contribution in [0.2, 0.25) is 0 Å². The largest absolute Gasteiger partial charge is 0.353 e. The van der Waals surface area contributed by atoms with Gasteiger partial charge in [0, 0.05) is 18.4 Å². The van der Waals surface area contributed by atoms with Gasteiger partial charge in [0.15, 0.2) is 5.72 Å². The molecule has 1 aliphatic heterocycles. The van der Waals surface area contributed by atoms with Crippen LogP contribution >= 0.6 is 0 Å². The average Bonchev–Trinajstić information content (AvgIpc) is 2.94. The van der Waals surface area contributed by atoms with Crippen molar-refractivity contribution >= 4 is 11.7 Å². The molecule has 1 saturated heterocycles. The van der Waals surface area contributed by atoms with Gasteiger partial charge in [-0.3, -0.25) is 9.59 Å². The van der Waals surface area contributed by atoms with Gasteiger partial charge in [0.1, 0.15) is 5.78 Å². The Labute approximate surface area is 112 Å². The van der Waals surface area contributed by atoms with Crippen molar-refractivity contribution < 1.29 is 14.3 Å². The Morgan fingerprint density at radius 3 is 2.74 bits per heavy atom. The van der Waals surface area contributed by atoms with E-state index < -0.39 is 5.72 Å². The summed E-state index contributed by atoms with van der Waals surface area (Å²) in [6.07, 6.45) is 1.45. The number of ether oxygens (including phenoxy) is 1. The van der Waals surface area contributed by atoms with Crippen LogP contribution in [0, 0.1) is 0 Å². The Balaban J connectivity index is 1.93.